The van der Waals surface area contributed by atoms with Crippen LogP contribution >= 0.6 is 0 Å². The lowest BCUT2D eigenvalue weighted by Crippen LogP contribution is -2.28. The largest absolute Gasteiger partial charge is 0.330 e. The van der Waals surface area contributed by atoms with E-state index in [-0.39, 0.29) is 0 Å². The highest BCUT2D eigenvalue weighted by Crippen LogP contribution is 2.18. The third-order valence-electron chi connectivity index (χ3n) is 3.37. The Hall–Kier alpha value is -0.0800. The van der Waals surface area contributed by atoms with Crippen molar-refractivity contribution in [2.75, 3.05) is 26.2 Å². The fourth-order valence-corrected chi connectivity index (χ4v) is 2.18. The van der Waals surface area contributed by atoms with Gasteiger partial charge in [0.2, 0.25) is 0 Å². The monoisotopic (exact) mass is 184 g/mol. The van der Waals surface area contributed by atoms with Gasteiger partial charge >= 0.3 is 0 Å². The molecule has 13 heavy (non-hydrogen) atoms. The summed E-state index contributed by atoms with van der Waals surface area (Å²) >= 11 is 0. The maximum absolute atomic E-state index is 5.67. The minimum Gasteiger partial charge on any atom is -0.330 e. The fraction of sp³-hybridized carbons (Fsp3) is 1.00. The summed E-state index contributed by atoms with van der Waals surface area (Å²) in [5.74, 6) is 1.67. The first-order valence-electron chi connectivity index (χ1n) is 5.72. The van der Waals surface area contributed by atoms with Gasteiger partial charge in [-0.3, -0.25) is 0 Å². The van der Waals surface area contributed by atoms with E-state index in [2.05, 4.69) is 18.7 Å². The van der Waals surface area contributed by atoms with Crippen molar-refractivity contribution in [1.29, 1.82) is 0 Å². The maximum atomic E-state index is 5.67. The summed E-state index contributed by atoms with van der Waals surface area (Å²) in [7, 11) is 0. The Morgan fingerprint density at radius 3 is 2.54 bits per heavy atom. The van der Waals surface area contributed by atoms with E-state index in [9.17, 15) is 0 Å². The third kappa shape index (κ3) is 3.28. The van der Waals surface area contributed by atoms with Crippen molar-refractivity contribution in [3.8, 4) is 0 Å². The van der Waals surface area contributed by atoms with Gasteiger partial charge in [-0.25, -0.2) is 0 Å². The molecule has 1 rings (SSSR count). The van der Waals surface area contributed by atoms with Crippen molar-refractivity contribution in [3.63, 3.8) is 0 Å². The molecule has 0 amide bonds. The second-order valence-electron chi connectivity index (χ2n) is 4.33. The molecule has 0 bridgehead atoms. The molecular formula is C11H24N2. The Balaban J connectivity index is 2.22. The molecule has 0 aromatic heterocycles. The van der Waals surface area contributed by atoms with E-state index in [0.29, 0.717) is 0 Å². The number of rotatable bonds is 5. The maximum Gasteiger partial charge on any atom is 0.00223 e. The van der Waals surface area contributed by atoms with Gasteiger partial charge in [-0.1, -0.05) is 26.7 Å². The van der Waals surface area contributed by atoms with Gasteiger partial charge in [-0.05, 0) is 31.3 Å². The average molecular weight is 184 g/mol. The van der Waals surface area contributed by atoms with Gasteiger partial charge in [-0.15, -0.1) is 0 Å². The zero-order chi connectivity index (χ0) is 9.68. The molecule has 1 fully saturated rings. The van der Waals surface area contributed by atoms with E-state index in [1.54, 1.807) is 0 Å². The normalized spacial score (nSPS) is 24.5. The molecule has 0 saturated carbocycles. The summed E-state index contributed by atoms with van der Waals surface area (Å²) in [6.45, 7) is 9.28. The lowest BCUT2D eigenvalue weighted by Gasteiger charge is -2.21. The van der Waals surface area contributed by atoms with Crippen molar-refractivity contribution >= 4 is 0 Å². The number of nitrogens with zero attached hydrogens (tertiary/aromatic N) is 1. The molecule has 2 nitrogen and oxygen atoms in total. The first kappa shape index (κ1) is 11.0. The van der Waals surface area contributed by atoms with Crippen molar-refractivity contribution in [2.45, 2.75) is 33.1 Å². The second kappa shape index (κ2) is 5.61. The molecule has 1 saturated heterocycles. The lowest BCUT2D eigenvalue weighted by atomic mass is 10.0. The molecule has 0 aromatic carbocycles. The quantitative estimate of drug-likeness (QED) is 0.704. The van der Waals surface area contributed by atoms with Crippen LogP contribution in [-0.4, -0.2) is 31.1 Å². The number of likely N-dealkylation sites (tertiary alicyclic amines) is 1. The van der Waals surface area contributed by atoms with Crippen molar-refractivity contribution in [2.24, 2.45) is 17.6 Å². The molecule has 78 valence electrons. The van der Waals surface area contributed by atoms with Crippen LogP contribution < -0.4 is 5.73 Å². The Morgan fingerprint density at radius 1 is 1.38 bits per heavy atom. The lowest BCUT2D eigenvalue weighted by molar-refractivity contribution is 0.260. The predicted molar refractivity (Wildman–Crippen MR) is 57.7 cm³/mol. The van der Waals surface area contributed by atoms with E-state index >= 15 is 0 Å². The van der Waals surface area contributed by atoms with Crippen LogP contribution in [0.25, 0.3) is 0 Å². The van der Waals surface area contributed by atoms with E-state index < -0.39 is 0 Å². The summed E-state index contributed by atoms with van der Waals surface area (Å²) in [5, 5.41) is 0. The molecule has 1 atom stereocenters. The molecule has 0 radical (unpaired) electrons. The van der Waals surface area contributed by atoms with Gasteiger partial charge in [0, 0.05) is 13.1 Å². The zero-order valence-electron chi connectivity index (χ0n) is 9.13. The molecule has 1 heterocycles. The molecule has 1 aliphatic heterocycles. The summed E-state index contributed by atoms with van der Waals surface area (Å²) < 4.78 is 0. The van der Waals surface area contributed by atoms with E-state index in [4.69, 9.17) is 5.73 Å². The number of hydrogen-bond donors (Lipinski definition) is 1. The molecule has 0 aromatic rings. The third-order valence-corrected chi connectivity index (χ3v) is 3.37. The second-order valence-corrected chi connectivity index (χ2v) is 4.33. The summed E-state index contributed by atoms with van der Waals surface area (Å²) in [6.07, 6.45) is 3.96. The highest BCUT2D eigenvalue weighted by molar-refractivity contribution is 4.77. The van der Waals surface area contributed by atoms with Crippen LogP contribution in [0.4, 0.5) is 0 Å². The molecule has 0 spiro atoms. The number of hydrogen-bond acceptors (Lipinski definition) is 2. The van der Waals surface area contributed by atoms with E-state index in [1.165, 1.54) is 38.9 Å². The zero-order valence-corrected chi connectivity index (χ0v) is 9.13. The number of nitrogens with two attached hydrogens (primary N) is 1. The molecule has 1 unspecified atom stereocenters. The Kier molecular flexibility index (Phi) is 4.74. The first-order valence-corrected chi connectivity index (χ1v) is 5.72. The molecule has 2 heteroatoms. The predicted octanol–water partition coefficient (Wildman–Crippen LogP) is 1.70. The van der Waals surface area contributed by atoms with Crippen LogP contribution in [0.3, 0.4) is 0 Å². The van der Waals surface area contributed by atoms with Crippen LogP contribution in [0, 0.1) is 11.8 Å². The van der Waals surface area contributed by atoms with Crippen molar-refractivity contribution in [1.82, 2.24) is 4.90 Å². The first-order chi connectivity index (χ1) is 6.30. The molecule has 1 aliphatic rings. The Bertz CT molecular complexity index is 132. The minimum atomic E-state index is 0.773. The van der Waals surface area contributed by atoms with Gasteiger partial charge in [-0.2, -0.15) is 0 Å². The SMILES string of the molecule is CCC(CC)CN1CCC(CN)C1. The van der Waals surface area contributed by atoms with Crippen LogP contribution in [-0.2, 0) is 0 Å². The van der Waals surface area contributed by atoms with E-state index in [0.717, 1.165) is 18.4 Å². The fourth-order valence-electron chi connectivity index (χ4n) is 2.18. The topological polar surface area (TPSA) is 29.3 Å². The van der Waals surface area contributed by atoms with Crippen LogP contribution in [0.1, 0.15) is 33.1 Å². The van der Waals surface area contributed by atoms with Crippen LogP contribution in [0.15, 0.2) is 0 Å². The molecule has 2 N–H and O–H groups in total. The summed E-state index contributed by atoms with van der Waals surface area (Å²) in [4.78, 5) is 2.59. The van der Waals surface area contributed by atoms with Crippen molar-refractivity contribution < 1.29 is 0 Å². The highest BCUT2D eigenvalue weighted by Gasteiger charge is 2.22. The van der Waals surface area contributed by atoms with Crippen molar-refractivity contribution in [3.05, 3.63) is 0 Å². The average Bonchev–Trinajstić information content (AvgIpc) is 2.61. The Labute approximate surface area is 82.5 Å². The van der Waals surface area contributed by atoms with Gasteiger partial charge in [0.05, 0.1) is 0 Å². The van der Waals surface area contributed by atoms with E-state index in [1.807, 2.05) is 0 Å². The molecule has 0 aliphatic carbocycles. The Morgan fingerprint density at radius 2 is 2.08 bits per heavy atom. The smallest absolute Gasteiger partial charge is 0.00223 e. The standard InChI is InChI=1S/C11H24N2/c1-3-10(4-2)8-13-6-5-11(7-12)9-13/h10-11H,3-9,12H2,1-2H3. The molecular weight excluding hydrogens is 160 g/mol. The summed E-state index contributed by atoms with van der Waals surface area (Å²) in [6, 6.07) is 0. The summed E-state index contributed by atoms with van der Waals surface area (Å²) in [5.41, 5.74) is 5.67. The van der Waals surface area contributed by atoms with Crippen LogP contribution in [0.2, 0.25) is 0 Å². The highest BCUT2D eigenvalue weighted by atomic mass is 15.1. The van der Waals surface area contributed by atoms with Gasteiger partial charge in [0.1, 0.15) is 0 Å². The van der Waals surface area contributed by atoms with Gasteiger partial charge in [0.25, 0.3) is 0 Å². The van der Waals surface area contributed by atoms with Gasteiger partial charge in [0.15, 0.2) is 0 Å². The minimum absolute atomic E-state index is 0.773. The van der Waals surface area contributed by atoms with Crippen LogP contribution in [0.5, 0.6) is 0 Å². The van der Waals surface area contributed by atoms with Gasteiger partial charge < -0.3 is 10.6 Å².